The molecule has 0 heterocycles. The fraction of sp³-hybridized carbons (Fsp3) is 0.588. The van der Waals surface area contributed by atoms with E-state index < -0.39 is 5.97 Å². The summed E-state index contributed by atoms with van der Waals surface area (Å²) in [4.78, 5) is 11.0. The summed E-state index contributed by atoms with van der Waals surface area (Å²) >= 11 is 0. The molecule has 1 fully saturated rings. The number of carboxylic acid groups (broad SMARTS) is 1. The summed E-state index contributed by atoms with van der Waals surface area (Å²) in [5, 5.41) is 12.6. The van der Waals surface area contributed by atoms with Gasteiger partial charge in [0.1, 0.15) is 5.75 Å². The second-order valence-corrected chi connectivity index (χ2v) is 5.81. The number of carbonyl (C=O) groups is 1. The highest BCUT2D eigenvalue weighted by molar-refractivity contribution is 5.70. The van der Waals surface area contributed by atoms with E-state index in [1.54, 1.807) is 0 Å². The van der Waals surface area contributed by atoms with Crippen LogP contribution in [0.15, 0.2) is 18.2 Å². The molecule has 4 heteroatoms. The van der Waals surface area contributed by atoms with Crippen LogP contribution in [-0.2, 0) is 11.3 Å². The van der Waals surface area contributed by atoms with E-state index in [1.165, 1.54) is 11.1 Å². The molecule has 1 aromatic carbocycles. The maximum Gasteiger partial charge on any atom is 0.306 e. The second kappa shape index (κ2) is 7.46. The van der Waals surface area contributed by atoms with Gasteiger partial charge in [-0.2, -0.15) is 0 Å². The molecule has 0 spiro atoms. The maximum absolute atomic E-state index is 11.0. The van der Waals surface area contributed by atoms with Crippen molar-refractivity contribution in [3.8, 4) is 5.75 Å². The molecule has 1 aromatic rings. The van der Waals surface area contributed by atoms with Gasteiger partial charge in [0.15, 0.2) is 0 Å². The van der Waals surface area contributed by atoms with Crippen molar-refractivity contribution in [1.82, 2.24) is 5.32 Å². The van der Waals surface area contributed by atoms with Crippen LogP contribution in [0.5, 0.6) is 5.75 Å². The predicted molar refractivity (Wildman–Crippen MR) is 82.6 cm³/mol. The van der Waals surface area contributed by atoms with Crippen LogP contribution in [0.1, 0.15) is 43.7 Å². The molecule has 0 atom stereocenters. The molecule has 0 amide bonds. The lowest BCUT2D eigenvalue weighted by Gasteiger charge is -2.27. The van der Waals surface area contributed by atoms with Crippen molar-refractivity contribution < 1.29 is 14.6 Å². The molecule has 1 aliphatic carbocycles. The van der Waals surface area contributed by atoms with E-state index in [0.717, 1.165) is 38.0 Å². The molecular weight excluding hydrogens is 266 g/mol. The number of ether oxygens (including phenoxy) is 1. The van der Waals surface area contributed by atoms with Crippen LogP contribution in [0.3, 0.4) is 0 Å². The van der Waals surface area contributed by atoms with E-state index in [4.69, 9.17) is 9.84 Å². The Morgan fingerprint density at radius 3 is 2.67 bits per heavy atom. The summed E-state index contributed by atoms with van der Waals surface area (Å²) in [5.41, 5.74) is 2.37. The standard InChI is InChI=1S/C17H25NO3/c1-3-21-16-10-12(2)4-5-14(16)11-18-15-8-6-13(7-9-15)17(19)20/h4-5,10,13,15,18H,3,6-9,11H2,1-2H3,(H,19,20). The molecule has 21 heavy (non-hydrogen) atoms. The molecule has 116 valence electrons. The van der Waals surface area contributed by atoms with Crippen molar-refractivity contribution in [1.29, 1.82) is 0 Å². The van der Waals surface area contributed by atoms with E-state index >= 15 is 0 Å². The number of carboxylic acids is 1. The summed E-state index contributed by atoms with van der Waals surface area (Å²) in [7, 11) is 0. The van der Waals surface area contributed by atoms with Crippen molar-refractivity contribution >= 4 is 5.97 Å². The Hall–Kier alpha value is -1.55. The molecule has 2 rings (SSSR count). The first-order chi connectivity index (χ1) is 10.1. The third kappa shape index (κ3) is 4.46. The normalized spacial score (nSPS) is 22.0. The molecule has 0 radical (unpaired) electrons. The molecular formula is C17H25NO3. The van der Waals surface area contributed by atoms with E-state index in [2.05, 4.69) is 30.4 Å². The first-order valence-electron chi connectivity index (χ1n) is 7.78. The zero-order valence-corrected chi connectivity index (χ0v) is 12.9. The minimum absolute atomic E-state index is 0.151. The quantitative estimate of drug-likeness (QED) is 0.845. The molecule has 1 aliphatic rings. The molecule has 0 aromatic heterocycles. The third-order valence-corrected chi connectivity index (χ3v) is 4.18. The minimum Gasteiger partial charge on any atom is -0.494 e. The van der Waals surface area contributed by atoms with E-state index in [9.17, 15) is 4.79 Å². The maximum atomic E-state index is 11.0. The van der Waals surface area contributed by atoms with E-state index in [1.807, 2.05) is 6.92 Å². The van der Waals surface area contributed by atoms with Crippen molar-refractivity contribution in [2.75, 3.05) is 6.61 Å². The summed E-state index contributed by atoms with van der Waals surface area (Å²) in [5.74, 6) is 0.149. The summed E-state index contributed by atoms with van der Waals surface area (Å²) in [6.07, 6.45) is 3.43. The third-order valence-electron chi connectivity index (χ3n) is 4.18. The molecule has 0 aliphatic heterocycles. The van der Waals surface area contributed by atoms with Gasteiger partial charge >= 0.3 is 5.97 Å². The van der Waals surface area contributed by atoms with Crippen molar-refractivity contribution in [2.45, 2.75) is 52.1 Å². The Morgan fingerprint density at radius 2 is 2.05 bits per heavy atom. The van der Waals surface area contributed by atoms with Gasteiger partial charge in [-0.1, -0.05) is 12.1 Å². The number of aryl methyl sites for hydroxylation is 1. The first-order valence-corrected chi connectivity index (χ1v) is 7.78. The highest BCUT2D eigenvalue weighted by Crippen LogP contribution is 2.26. The van der Waals surface area contributed by atoms with Crippen LogP contribution in [0.4, 0.5) is 0 Å². The summed E-state index contributed by atoms with van der Waals surface area (Å²) in [6.45, 7) is 5.50. The zero-order valence-electron chi connectivity index (χ0n) is 12.9. The molecule has 4 nitrogen and oxygen atoms in total. The highest BCUT2D eigenvalue weighted by Gasteiger charge is 2.25. The highest BCUT2D eigenvalue weighted by atomic mass is 16.5. The average Bonchev–Trinajstić information content (AvgIpc) is 2.47. The zero-order chi connectivity index (χ0) is 15.2. The molecule has 2 N–H and O–H groups in total. The summed E-state index contributed by atoms with van der Waals surface area (Å²) < 4.78 is 5.69. The SMILES string of the molecule is CCOc1cc(C)ccc1CNC1CCC(C(=O)O)CC1. The lowest BCUT2D eigenvalue weighted by atomic mass is 9.86. The smallest absolute Gasteiger partial charge is 0.306 e. The Labute approximate surface area is 126 Å². The van der Waals surface area contributed by atoms with E-state index in [-0.39, 0.29) is 5.92 Å². The Bertz CT molecular complexity index is 479. The second-order valence-electron chi connectivity index (χ2n) is 5.81. The Morgan fingerprint density at radius 1 is 1.33 bits per heavy atom. The van der Waals surface area contributed by atoms with Gasteiger partial charge in [0.2, 0.25) is 0 Å². The van der Waals surface area contributed by atoms with Crippen molar-refractivity contribution in [3.63, 3.8) is 0 Å². The fourth-order valence-corrected chi connectivity index (χ4v) is 2.90. The number of nitrogens with one attached hydrogen (secondary N) is 1. The topological polar surface area (TPSA) is 58.6 Å². The van der Waals surface area contributed by atoms with Crippen LogP contribution in [0.2, 0.25) is 0 Å². The van der Waals surface area contributed by atoms with Gasteiger partial charge in [0.05, 0.1) is 12.5 Å². The average molecular weight is 291 g/mol. The van der Waals surface area contributed by atoms with E-state index in [0.29, 0.717) is 12.6 Å². The molecule has 0 saturated heterocycles. The van der Waals surface area contributed by atoms with Gasteiger partial charge in [-0.05, 0) is 51.2 Å². The predicted octanol–water partition coefficient (Wildman–Crippen LogP) is 3.13. The Balaban J connectivity index is 1.87. The fourth-order valence-electron chi connectivity index (χ4n) is 2.90. The van der Waals surface area contributed by atoms with Crippen LogP contribution < -0.4 is 10.1 Å². The van der Waals surface area contributed by atoms with Crippen molar-refractivity contribution in [3.05, 3.63) is 29.3 Å². The van der Waals surface area contributed by atoms with Gasteiger partial charge in [-0.25, -0.2) is 0 Å². The molecule has 1 saturated carbocycles. The van der Waals surface area contributed by atoms with Crippen LogP contribution in [0, 0.1) is 12.8 Å². The minimum atomic E-state index is -0.648. The number of benzene rings is 1. The van der Waals surface area contributed by atoms with Gasteiger partial charge in [0, 0.05) is 18.2 Å². The van der Waals surface area contributed by atoms with Gasteiger partial charge in [-0.3, -0.25) is 4.79 Å². The molecule has 0 bridgehead atoms. The first kappa shape index (κ1) is 15.8. The largest absolute Gasteiger partial charge is 0.494 e. The van der Waals surface area contributed by atoms with Crippen molar-refractivity contribution in [2.24, 2.45) is 5.92 Å². The number of hydrogen-bond donors (Lipinski definition) is 2. The van der Waals surface area contributed by atoms with Crippen LogP contribution in [-0.4, -0.2) is 23.7 Å². The van der Waals surface area contributed by atoms with Gasteiger partial charge < -0.3 is 15.2 Å². The number of hydrogen-bond acceptors (Lipinski definition) is 3. The van der Waals surface area contributed by atoms with Crippen LogP contribution >= 0.6 is 0 Å². The van der Waals surface area contributed by atoms with Gasteiger partial charge in [0.25, 0.3) is 0 Å². The number of rotatable bonds is 6. The lowest BCUT2D eigenvalue weighted by Crippen LogP contribution is -2.34. The lowest BCUT2D eigenvalue weighted by molar-refractivity contribution is -0.142. The van der Waals surface area contributed by atoms with Crippen LogP contribution in [0.25, 0.3) is 0 Å². The summed E-state index contributed by atoms with van der Waals surface area (Å²) in [6, 6.07) is 6.69. The molecule has 0 unspecified atom stereocenters. The van der Waals surface area contributed by atoms with Gasteiger partial charge in [-0.15, -0.1) is 0 Å². The number of aliphatic carboxylic acids is 1. The Kier molecular flexibility index (Phi) is 5.62. The monoisotopic (exact) mass is 291 g/mol.